The molecule has 250 valence electrons. The third-order valence-electron chi connectivity index (χ3n) is 5.72. The molecule has 0 saturated carbocycles. The lowest BCUT2D eigenvalue weighted by molar-refractivity contribution is -0.573. The van der Waals surface area contributed by atoms with Gasteiger partial charge in [-0.25, -0.2) is 8.42 Å². The molecule has 0 saturated heterocycles. The standard InChI is InChI=1S/C25H28N6O8S.CH4O4S/c1-15(32)26-20-13-23(30(8-10-38-16(2)33)9-11-39-17(3)34)24(37-5)14-21(20)27-28-25-19-12-18(31(35)36)6-7-22(19)29(4)40-25;1-5-6(2,3)4/h6-7,12-14H,8-11H2,1-5H3;1H3,(H,2,3,4). The number of anilines is 2. The fourth-order valence-electron chi connectivity index (χ4n) is 3.78. The molecule has 1 amide bonds. The van der Waals surface area contributed by atoms with E-state index in [1.165, 1.54) is 51.5 Å². The predicted molar refractivity (Wildman–Crippen MR) is 163 cm³/mol. The van der Waals surface area contributed by atoms with Crippen molar-refractivity contribution in [2.45, 2.75) is 20.8 Å². The van der Waals surface area contributed by atoms with E-state index in [2.05, 4.69) is 19.7 Å². The maximum Gasteiger partial charge on any atom is 0.302 e. The second-order valence-electron chi connectivity index (χ2n) is 9.02. The SMILES string of the molecule is COS(=O)(=O)[O-].COc1cc(N=Nc2s[n+](C)c3ccc([N+](=O)[O-])cc23)c(NC(C)=O)cc1N(CCOC(C)=O)CCOC(C)=O. The van der Waals surface area contributed by atoms with Crippen LogP contribution in [-0.4, -0.2) is 76.3 Å². The summed E-state index contributed by atoms with van der Waals surface area (Å²) in [4.78, 5) is 47.2. The lowest BCUT2D eigenvalue weighted by Gasteiger charge is -2.27. The summed E-state index contributed by atoms with van der Waals surface area (Å²) in [5.74, 6) is -0.878. The molecule has 3 rings (SSSR count). The molecule has 0 aliphatic rings. The Morgan fingerprint density at radius 1 is 1.02 bits per heavy atom. The van der Waals surface area contributed by atoms with Crippen molar-refractivity contribution in [1.29, 1.82) is 0 Å². The predicted octanol–water partition coefficient (Wildman–Crippen LogP) is 3.04. The molecule has 3 aromatic rings. The summed E-state index contributed by atoms with van der Waals surface area (Å²) < 4.78 is 48.6. The van der Waals surface area contributed by atoms with Crippen LogP contribution >= 0.6 is 11.5 Å². The number of fused-ring (bicyclic) bond motifs is 1. The first-order chi connectivity index (χ1) is 21.6. The van der Waals surface area contributed by atoms with E-state index in [0.29, 0.717) is 27.5 Å². The van der Waals surface area contributed by atoms with Gasteiger partial charge in [0.1, 0.15) is 24.7 Å². The molecule has 0 aliphatic heterocycles. The highest BCUT2D eigenvalue weighted by Gasteiger charge is 2.21. The van der Waals surface area contributed by atoms with E-state index in [-0.39, 0.29) is 43.6 Å². The van der Waals surface area contributed by atoms with Crippen molar-refractivity contribution in [2.24, 2.45) is 17.3 Å². The van der Waals surface area contributed by atoms with Crippen LogP contribution in [0.1, 0.15) is 20.8 Å². The number of nitrogens with zero attached hydrogens (tertiary/aromatic N) is 5. The van der Waals surface area contributed by atoms with E-state index in [1.807, 2.05) is 3.96 Å². The van der Waals surface area contributed by atoms with Crippen LogP contribution in [0.15, 0.2) is 40.6 Å². The summed E-state index contributed by atoms with van der Waals surface area (Å²) in [6.45, 7) is 4.55. The number of carbonyl (C=O) groups excluding carboxylic acids is 3. The Hall–Kier alpha value is -4.79. The Bertz CT molecular complexity index is 1710. The molecule has 0 spiro atoms. The summed E-state index contributed by atoms with van der Waals surface area (Å²) in [5.41, 5.74) is 1.78. The van der Waals surface area contributed by atoms with Crippen LogP contribution in [0.4, 0.5) is 27.8 Å². The summed E-state index contributed by atoms with van der Waals surface area (Å²) in [6, 6.07) is 7.70. The summed E-state index contributed by atoms with van der Waals surface area (Å²) in [7, 11) is -0.342. The van der Waals surface area contributed by atoms with Gasteiger partial charge in [-0.3, -0.25) is 28.7 Å². The number of nitro benzene ring substituents is 1. The van der Waals surface area contributed by atoms with Crippen molar-refractivity contribution >= 4 is 78.4 Å². The molecule has 18 nitrogen and oxygen atoms in total. The minimum atomic E-state index is -4.41. The highest BCUT2D eigenvalue weighted by molar-refractivity contribution is 7.80. The summed E-state index contributed by atoms with van der Waals surface area (Å²) in [5, 5.41) is 23.7. The van der Waals surface area contributed by atoms with Gasteiger partial charge >= 0.3 is 11.9 Å². The van der Waals surface area contributed by atoms with Gasteiger partial charge < -0.3 is 29.0 Å². The number of aryl methyl sites for hydroxylation is 1. The van der Waals surface area contributed by atoms with Crippen LogP contribution in [0.3, 0.4) is 0 Å². The van der Waals surface area contributed by atoms with Crippen molar-refractivity contribution in [2.75, 3.05) is 50.7 Å². The van der Waals surface area contributed by atoms with Gasteiger partial charge in [0, 0.05) is 45.0 Å². The number of rotatable bonds is 13. The summed E-state index contributed by atoms with van der Waals surface area (Å²) >= 11 is 1.25. The van der Waals surface area contributed by atoms with Crippen molar-refractivity contribution in [3.05, 3.63) is 40.4 Å². The first-order valence-electron chi connectivity index (χ1n) is 13.1. The topological polar surface area (TPSA) is 232 Å². The number of carbonyl (C=O) groups is 3. The Kier molecular flexibility index (Phi) is 13.9. The lowest BCUT2D eigenvalue weighted by Crippen LogP contribution is -2.32. The molecular weight excluding hydrogens is 652 g/mol. The minimum absolute atomic E-state index is 0.0596. The van der Waals surface area contributed by atoms with Gasteiger partial charge in [-0.05, 0) is 6.07 Å². The third-order valence-corrected chi connectivity index (χ3v) is 7.07. The Morgan fingerprint density at radius 2 is 1.61 bits per heavy atom. The number of ether oxygens (including phenoxy) is 3. The molecule has 2 aromatic carbocycles. The zero-order chi connectivity index (χ0) is 34.6. The molecule has 1 aromatic heterocycles. The van der Waals surface area contributed by atoms with Crippen LogP contribution < -0.4 is 18.9 Å². The minimum Gasteiger partial charge on any atom is -0.726 e. The van der Waals surface area contributed by atoms with Crippen molar-refractivity contribution in [1.82, 2.24) is 0 Å². The van der Waals surface area contributed by atoms with Crippen molar-refractivity contribution in [3.8, 4) is 5.75 Å². The second-order valence-corrected chi connectivity index (χ2v) is 11.3. The number of non-ortho nitro benzene ring substituents is 1. The number of nitro groups is 1. The molecule has 1 heterocycles. The Morgan fingerprint density at radius 3 is 2.09 bits per heavy atom. The molecule has 0 bridgehead atoms. The monoisotopic (exact) mass is 684 g/mol. The van der Waals surface area contributed by atoms with Crippen molar-refractivity contribution in [3.63, 3.8) is 0 Å². The molecular formula is C26H32N6O12S2. The fourth-order valence-corrected chi connectivity index (χ4v) is 4.63. The molecule has 0 fully saturated rings. The van der Waals surface area contributed by atoms with E-state index in [1.54, 1.807) is 30.1 Å². The molecule has 0 aliphatic carbocycles. The zero-order valence-corrected chi connectivity index (χ0v) is 27.3. The van der Waals surface area contributed by atoms with Crippen LogP contribution in [0.25, 0.3) is 10.9 Å². The highest BCUT2D eigenvalue weighted by Crippen LogP contribution is 2.40. The van der Waals surface area contributed by atoms with Gasteiger partial charge in [-0.15, -0.1) is 14.2 Å². The maximum absolute atomic E-state index is 12.0. The maximum atomic E-state index is 12.0. The average Bonchev–Trinajstić information content (AvgIpc) is 3.29. The average molecular weight is 685 g/mol. The van der Waals surface area contributed by atoms with E-state index < -0.39 is 27.3 Å². The lowest BCUT2D eigenvalue weighted by atomic mass is 10.2. The number of methoxy groups -OCH3 is 1. The van der Waals surface area contributed by atoms with E-state index in [4.69, 9.17) is 14.2 Å². The van der Waals surface area contributed by atoms with Gasteiger partial charge in [0.15, 0.2) is 18.6 Å². The van der Waals surface area contributed by atoms with Gasteiger partial charge in [0.25, 0.3) is 5.69 Å². The van der Waals surface area contributed by atoms with Gasteiger partial charge in [0.05, 0.1) is 49.0 Å². The number of aromatic nitrogens is 1. The molecule has 0 atom stereocenters. The molecule has 0 radical (unpaired) electrons. The molecule has 1 N–H and O–H groups in total. The number of esters is 2. The van der Waals surface area contributed by atoms with E-state index in [9.17, 15) is 37.5 Å². The number of hydrogen-bond donors (Lipinski definition) is 1. The van der Waals surface area contributed by atoms with E-state index >= 15 is 0 Å². The van der Waals surface area contributed by atoms with Gasteiger partial charge in [0.2, 0.25) is 26.8 Å². The van der Waals surface area contributed by atoms with Crippen LogP contribution in [0, 0.1) is 10.1 Å². The third kappa shape index (κ3) is 11.6. The second kappa shape index (κ2) is 17.1. The first-order valence-corrected chi connectivity index (χ1v) is 15.2. The van der Waals surface area contributed by atoms with Gasteiger partial charge in [-0.1, -0.05) is 0 Å². The van der Waals surface area contributed by atoms with Crippen molar-refractivity contribution < 1.29 is 54.6 Å². The molecule has 20 heteroatoms. The summed E-state index contributed by atoms with van der Waals surface area (Å²) in [6.07, 6.45) is 0. The highest BCUT2D eigenvalue weighted by atomic mass is 32.3. The number of hydrogen-bond acceptors (Lipinski definition) is 16. The van der Waals surface area contributed by atoms with Gasteiger partial charge in [-0.2, -0.15) is 0 Å². The number of amides is 1. The number of benzene rings is 2. The quantitative estimate of drug-likeness (QED) is 0.0519. The number of azo groups is 1. The Balaban J connectivity index is 0.00000112. The molecule has 46 heavy (non-hydrogen) atoms. The normalized spacial score (nSPS) is 11.0. The smallest absolute Gasteiger partial charge is 0.302 e. The molecule has 0 unspecified atom stereocenters. The Labute approximate surface area is 267 Å². The first kappa shape index (κ1) is 37.4. The van der Waals surface area contributed by atoms with Crippen LogP contribution in [0.2, 0.25) is 0 Å². The van der Waals surface area contributed by atoms with E-state index in [0.717, 1.165) is 12.6 Å². The largest absolute Gasteiger partial charge is 0.726 e. The number of nitrogens with one attached hydrogen (secondary N) is 1. The fraction of sp³-hybridized carbons (Fsp3) is 0.385. The van der Waals surface area contributed by atoms with Crippen LogP contribution in [-0.2, 0) is 45.5 Å². The zero-order valence-electron chi connectivity index (χ0n) is 25.7. The van der Waals surface area contributed by atoms with Crippen LogP contribution in [0.5, 0.6) is 5.75 Å².